The van der Waals surface area contributed by atoms with Crippen LogP contribution in [0.1, 0.15) is 75.0 Å². The highest BCUT2D eigenvalue weighted by Crippen LogP contribution is 2.37. The number of hydrogen-bond acceptors (Lipinski definition) is 1. The van der Waals surface area contributed by atoms with Crippen molar-refractivity contribution in [1.29, 1.82) is 0 Å². The Labute approximate surface area is 163 Å². The molecule has 0 radical (unpaired) electrons. The first kappa shape index (κ1) is 18.4. The van der Waals surface area contributed by atoms with Crippen molar-refractivity contribution < 1.29 is 0 Å². The smallest absolute Gasteiger partial charge is 0.0460 e. The molecule has 4 rings (SSSR count). The summed E-state index contributed by atoms with van der Waals surface area (Å²) in [6.45, 7) is 6.08. The number of halogens is 1. The Morgan fingerprint density at radius 3 is 2.42 bits per heavy atom. The molecule has 0 bridgehead atoms. The first-order valence-corrected chi connectivity index (χ1v) is 11.1. The van der Waals surface area contributed by atoms with Gasteiger partial charge < -0.3 is 9.88 Å². The van der Waals surface area contributed by atoms with Crippen LogP contribution in [0.3, 0.4) is 0 Å². The highest BCUT2D eigenvalue weighted by molar-refractivity contribution is 6.31. The SMILES string of the molecule is Cc1[nH]c2ccc(Cl)cc2c1C1CCN(CC2CCCCCCC2)CC1. The van der Waals surface area contributed by atoms with Gasteiger partial charge >= 0.3 is 0 Å². The zero-order valence-corrected chi connectivity index (χ0v) is 17.0. The molecule has 1 aliphatic carbocycles. The van der Waals surface area contributed by atoms with Gasteiger partial charge in [0.2, 0.25) is 0 Å². The Balaban J connectivity index is 1.39. The fourth-order valence-corrected chi connectivity index (χ4v) is 5.51. The van der Waals surface area contributed by atoms with Gasteiger partial charge in [0.05, 0.1) is 0 Å². The zero-order chi connectivity index (χ0) is 17.9. The fraction of sp³-hybridized carbons (Fsp3) is 0.652. The summed E-state index contributed by atoms with van der Waals surface area (Å²) in [5.41, 5.74) is 4.09. The number of benzene rings is 1. The lowest BCUT2D eigenvalue weighted by Crippen LogP contribution is -2.36. The van der Waals surface area contributed by atoms with E-state index in [1.165, 1.54) is 99.6 Å². The van der Waals surface area contributed by atoms with Crippen molar-refractivity contribution in [3.05, 3.63) is 34.5 Å². The lowest BCUT2D eigenvalue weighted by Gasteiger charge is -2.35. The van der Waals surface area contributed by atoms with Gasteiger partial charge in [0.25, 0.3) is 0 Å². The summed E-state index contributed by atoms with van der Waals surface area (Å²) in [4.78, 5) is 6.32. The highest BCUT2D eigenvalue weighted by atomic mass is 35.5. The Bertz CT molecular complexity index is 719. The summed E-state index contributed by atoms with van der Waals surface area (Å²) >= 11 is 6.27. The summed E-state index contributed by atoms with van der Waals surface area (Å²) in [6, 6.07) is 6.26. The van der Waals surface area contributed by atoms with Crippen molar-refractivity contribution in [2.24, 2.45) is 5.92 Å². The lowest BCUT2D eigenvalue weighted by atomic mass is 9.86. The minimum atomic E-state index is 0.677. The Morgan fingerprint density at radius 1 is 1.00 bits per heavy atom. The summed E-state index contributed by atoms with van der Waals surface area (Å²) in [7, 11) is 0. The van der Waals surface area contributed by atoms with Crippen molar-refractivity contribution in [3.63, 3.8) is 0 Å². The molecule has 3 heteroatoms. The molecule has 0 unspecified atom stereocenters. The van der Waals surface area contributed by atoms with Crippen LogP contribution in [-0.4, -0.2) is 29.5 Å². The maximum atomic E-state index is 6.27. The van der Waals surface area contributed by atoms with Crippen molar-refractivity contribution >= 4 is 22.5 Å². The van der Waals surface area contributed by atoms with Gasteiger partial charge in [-0.3, -0.25) is 0 Å². The zero-order valence-electron chi connectivity index (χ0n) is 16.2. The van der Waals surface area contributed by atoms with E-state index in [2.05, 4.69) is 28.9 Å². The Morgan fingerprint density at radius 2 is 1.69 bits per heavy atom. The van der Waals surface area contributed by atoms with Crippen molar-refractivity contribution in [2.45, 2.75) is 70.6 Å². The maximum Gasteiger partial charge on any atom is 0.0460 e. The number of aromatic nitrogens is 1. The number of likely N-dealkylation sites (tertiary alicyclic amines) is 1. The van der Waals surface area contributed by atoms with Gasteiger partial charge in [0, 0.05) is 28.2 Å². The lowest BCUT2D eigenvalue weighted by molar-refractivity contribution is 0.169. The van der Waals surface area contributed by atoms with Gasteiger partial charge in [0.15, 0.2) is 0 Å². The normalized spacial score (nSPS) is 21.8. The molecule has 2 nitrogen and oxygen atoms in total. The molecule has 1 aromatic carbocycles. The number of nitrogens with zero attached hydrogens (tertiary/aromatic N) is 1. The second-order valence-corrected chi connectivity index (χ2v) is 9.08. The average Bonchev–Trinajstić information content (AvgIpc) is 2.93. The molecule has 1 aliphatic heterocycles. The standard InChI is InChI=1S/C23H33ClN2/c1-17-23(21-15-20(24)9-10-22(21)25-17)19-11-13-26(14-12-19)16-18-7-5-3-2-4-6-8-18/h9-10,15,18-19,25H,2-8,11-14,16H2,1H3. The van der Waals surface area contributed by atoms with Crippen LogP contribution in [-0.2, 0) is 0 Å². The number of hydrogen-bond donors (Lipinski definition) is 1. The minimum absolute atomic E-state index is 0.677. The molecule has 1 aromatic heterocycles. The Hall–Kier alpha value is -0.990. The summed E-state index contributed by atoms with van der Waals surface area (Å²) in [5.74, 6) is 1.62. The van der Waals surface area contributed by atoms with E-state index in [1.54, 1.807) is 0 Å². The summed E-state index contributed by atoms with van der Waals surface area (Å²) < 4.78 is 0. The molecule has 2 aliphatic rings. The first-order chi connectivity index (χ1) is 12.7. The fourth-order valence-electron chi connectivity index (χ4n) is 5.34. The number of piperidine rings is 1. The second kappa shape index (κ2) is 8.35. The third kappa shape index (κ3) is 4.12. The molecule has 142 valence electrons. The van der Waals surface area contributed by atoms with Crippen LogP contribution in [0.15, 0.2) is 18.2 Å². The van der Waals surface area contributed by atoms with E-state index in [4.69, 9.17) is 11.6 Å². The number of H-pyrrole nitrogens is 1. The van der Waals surface area contributed by atoms with Crippen molar-refractivity contribution in [3.8, 4) is 0 Å². The van der Waals surface area contributed by atoms with Crippen LogP contribution in [0.25, 0.3) is 10.9 Å². The number of aryl methyl sites for hydroxylation is 1. The molecule has 1 N–H and O–H groups in total. The number of fused-ring (bicyclic) bond motifs is 1. The largest absolute Gasteiger partial charge is 0.358 e. The van der Waals surface area contributed by atoms with E-state index in [0.29, 0.717) is 5.92 Å². The molecule has 2 heterocycles. The van der Waals surface area contributed by atoms with Gasteiger partial charge in [-0.2, -0.15) is 0 Å². The van der Waals surface area contributed by atoms with E-state index in [9.17, 15) is 0 Å². The van der Waals surface area contributed by atoms with Crippen molar-refractivity contribution in [1.82, 2.24) is 9.88 Å². The van der Waals surface area contributed by atoms with Crippen LogP contribution < -0.4 is 0 Å². The summed E-state index contributed by atoms with van der Waals surface area (Å²) in [6.07, 6.45) is 12.8. The third-order valence-electron chi connectivity index (χ3n) is 6.73. The molecule has 0 spiro atoms. The highest BCUT2D eigenvalue weighted by Gasteiger charge is 2.26. The molecule has 2 aromatic rings. The van der Waals surface area contributed by atoms with E-state index < -0.39 is 0 Å². The molecular formula is C23H33ClN2. The van der Waals surface area contributed by atoms with Crippen molar-refractivity contribution in [2.75, 3.05) is 19.6 Å². The van der Waals surface area contributed by atoms with Gasteiger partial charge in [-0.15, -0.1) is 0 Å². The predicted molar refractivity (Wildman–Crippen MR) is 112 cm³/mol. The van der Waals surface area contributed by atoms with Crippen LogP contribution in [0.5, 0.6) is 0 Å². The molecule has 1 saturated heterocycles. The van der Waals surface area contributed by atoms with Gasteiger partial charge in [-0.1, -0.05) is 43.7 Å². The van der Waals surface area contributed by atoms with Crippen LogP contribution in [0.2, 0.25) is 5.02 Å². The van der Waals surface area contributed by atoms with Gasteiger partial charge in [0.1, 0.15) is 0 Å². The number of aromatic amines is 1. The van der Waals surface area contributed by atoms with E-state index in [0.717, 1.165) is 10.9 Å². The predicted octanol–water partition coefficient (Wildman–Crippen LogP) is 6.67. The van der Waals surface area contributed by atoms with E-state index >= 15 is 0 Å². The third-order valence-corrected chi connectivity index (χ3v) is 6.97. The van der Waals surface area contributed by atoms with Crippen LogP contribution in [0, 0.1) is 12.8 Å². The quantitative estimate of drug-likeness (QED) is 0.637. The Kier molecular flexibility index (Phi) is 5.90. The molecular weight excluding hydrogens is 340 g/mol. The molecule has 0 atom stereocenters. The monoisotopic (exact) mass is 372 g/mol. The van der Waals surface area contributed by atoms with Gasteiger partial charge in [-0.25, -0.2) is 0 Å². The number of rotatable bonds is 3. The molecule has 0 amide bonds. The molecule has 1 saturated carbocycles. The van der Waals surface area contributed by atoms with Crippen LogP contribution in [0.4, 0.5) is 0 Å². The average molecular weight is 373 g/mol. The van der Waals surface area contributed by atoms with Gasteiger partial charge in [-0.05, 0) is 81.3 Å². The maximum absolute atomic E-state index is 6.27. The summed E-state index contributed by atoms with van der Waals surface area (Å²) in [5, 5.41) is 2.19. The second-order valence-electron chi connectivity index (χ2n) is 8.64. The van der Waals surface area contributed by atoms with E-state index in [1.807, 2.05) is 6.07 Å². The first-order valence-electron chi connectivity index (χ1n) is 10.7. The minimum Gasteiger partial charge on any atom is -0.358 e. The number of nitrogens with one attached hydrogen (secondary N) is 1. The molecule has 26 heavy (non-hydrogen) atoms. The topological polar surface area (TPSA) is 19.0 Å². The molecule has 2 fully saturated rings. The van der Waals surface area contributed by atoms with E-state index in [-0.39, 0.29) is 0 Å². The van der Waals surface area contributed by atoms with Crippen LogP contribution >= 0.6 is 11.6 Å².